The largest absolute Gasteiger partial charge is 0.457 e. The van der Waals surface area contributed by atoms with Crippen molar-refractivity contribution in [3.63, 3.8) is 0 Å². The van der Waals surface area contributed by atoms with Gasteiger partial charge in [0.05, 0.1) is 5.92 Å². The molecule has 0 saturated heterocycles. The van der Waals surface area contributed by atoms with Crippen LogP contribution in [0, 0.1) is 11.8 Å². The van der Waals surface area contributed by atoms with Crippen LogP contribution in [0.2, 0.25) is 0 Å². The molecule has 1 amide bonds. The molecule has 0 aromatic heterocycles. The minimum Gasteiger partial charge on any atom is -0.457 e. The van der Waals surface area contributed by atoms with Gasteiger partial charge in [0.25, 0.3) is 0 Å². The van der Waals surface area contributed by atoms with Gasteiger partial charge in [0.1, 0.15) is 24.5 Å². The van der Waals surface area contributed by atoms with Crippen LogP contribution in [0.25, 0.3) is 0 Å². The van der Waals surface area contributed by atoms with Crippen molar-refractivity contribution in [1.82, 2.24) is 0 Å². The predicted molar refractivity (Wildman–Crippen MR) is 109 cm³/mol. The van der Waals surface area contributed by atoms with E-state index in [-0.39, 0.29) is 19.0 Å². The van der Waals surface area contributed by atoms with Gasteiger partial charge in [-0.1, -0.05) is 25.1 Å². The van der Waals surface area contributed by atoms with E-state index in [1.165, 1.54) is 0 Å². The van der Waals surface area contributed by atoms with Crippen LogP contribution in [0.5, 0.6) is 11.5 Å². The third kappa shape index (κ3) is 6.98. The zero-order chi connectivity index (χ0) is 21.2. The molecule has 0 bridgehead atoms. The van der Waals surface area contributed by atoms with Crippen LogP contribution in [0.15, 0.2) is 54.6 Å². The molecule has 29 heavy (non-hydrogen) atoms. The Morgan fingerprint density at radius 3 is 2.21 bits per heavy atom. The van der Waals surface area contributed by atoms with E-state index < -0.39 is 24.0 Å². The Morgan fingerprint density at radius 2 is 1.62 bits per heavy atom. The molecule has 0 radical (unpaired) electrons. The van der Waals surface area contributed by atoms with Crippen molar-refractivity contribution in [3.8, 4) is 11.5 Å². The van der Waals surface area contributed by atoms with E-state index in [0.29, 0.717) is 23.7 Å². The lowest BCUT2D eigenvalue weighted by Crippen LogP contribution is -2.40. The minimum absolute atomic E-state index is 0.0315. The van der Waals surface area contributed by atoms with Gasteiger partial charge in [-0.05, 0) is 49.7 Å². The first kappa shape index (κ1) is 22.5. The van der Waals surface area contributed by atoms with Gasteiger partial charge in [-0.25, -0.2) is 0 Å². The van der Waals surface area contributed by atoms with E-state index in [1.807, 2.05) is 37.3 Å². The number of hydrogen-bond acceptors (Lipinski definition) is 6. The van der Waals surface area contributed by atoms with Crippen molar-refractivity contribution in [2.45, 2.75) is 26.5 Å². The van der Waals surface area contributed by atoms with E-state index in [9.17, 15) is 9.59 Å². The number of primary amides is 1. The summed E-state index contributed by atoms with van der Waals surface area (Å²) in [7, 11) is 0. The van der Waals surface area contributed by atoms with Gasteiger partial charge in [0, 0.05) is 18.1 Å². The summed E-state index contributed by atoms with van der Waals surface area (Å²) in [6.45, 7) is 3.92. The molecule has 0 spiro atoms. The van der Waals surface area contributed by atoms with Gasteiger partial charge < -0.3 is 25.7 Å². The highest BCUT2D eigenvalue weighted by molar-refractivity contribution is 5.98. The quantitative estimate of drug-likeness (QED) is 0.321. The van der Waals surface area contributed by atoms with E-state index >= 15 is 0 Å². The topological polar surface area (TPSA) is 114 Å². The molecule has 7 nitrogen and oxygen atoms in total. The standard InChI is InChI=1S/C22H28N2O5/c1-3-27-14-28-22(24)19(13-15(2)21(23)26)20(25)16-9-11-18(12-10-16)29-17-7-5-4-6-8-17/h4-12,15,19,22H,3,13-14,24H2,1-2H3,(H2,23,26)/t15-,19+,22?/m0/s1. The lowest BCUT2D eigenvalue weighted by Gasteiger charge is -2.24. The number of ether oxygens (including phenoxy) is 3. The predicted octanol–water partition coefficient (Wildman–Crippen LogP) is 3.08. The molecule has 0 saturated carbocycles. The monoisotopic (exact) mass is 400 g/mol. The molecule has 156 valence electrons. The van der Waals surface area contributed by atoms with Gasteiger partial charge in [-0.15, -0.1) is 0 Å². The summed E-state index contributed by atoms with van der Waals surface area (Å²) >= 11 is 0. The van der Waals surface area contributed by atoms with Crippen LogP contribution >= 0.6 is 0 Å². The molecule has 4 N–H and O–H groups in total. The van der Waals surface area contributed by atoms with Crippen molar-refractivity contribution in [1.29, 1.82) is 0 Å². The summed E-state index contributed by atoms with van der Waals surface area (Å²) in [5.74, 6) is -0.678. The Morgan fingerprint density at radius 1 is 1.00 bits per heavy atom. The number of rotatable bonds is 12. The van der Waals surface area contributed by atoms with Gasteiger partial charge in [0.2, 0.25) is 5.91 Å². The maximum absolute atomic E-state index is 13.1. The van der Waals surface area contributed by atoms with Crippen LogP contribution in [-0.4, -0.2) is 31.3 Å². The highest BCUT2D eigenvalue weighted by Crippen LogP contribution is 2.25. The smallest absolute Gasteiger partial charge is 0.220 e. The summed E-state index contributed by atoms with van der Waals surface area (Å²) in [6, 6.07) is 16.1. The van der Waals surface area contributed by atoms with Gasteiger partial charge in [0.15, 0.2) is 5.78 Å². The number of amides is 1. The van der Waals surface area contributed by atoms with Crippen molar-refractivity contribution < 1.29 is 23.8 Å². The zero-order valence-corrected chi connectivity index (χ0v) is 16.7. The third-order valence-electron chi connectivity index (χ3n) is 4.49. The Labute approximate surface area is 170 Å². The number of Topliss-reactive ketones (excluding diaryl/α,β-unsaturated/α-hetero) is 1. The highest BCUT2D eigenvalue weighted by Gasteiger charge is 2.30. The molecule has 0 aliphatic carbocycles. The van der Waals surface area contributed by atoms with Crippen LogP contribution < -0.4 is 16.2 Å². The average molecular weight is 400 g/mol. The van der Waals surface area contributed by atoms with E-state index in [1.54, 1.807) is 31.2 Å². The number of carbonyl (C=O) groups excluding carboxylic acids is 2. The van der Waals surface area contributed by atoms with Gasteiger partial charge in [-0.3, -0.25) is 9.59 Å². The number of ketones is 1. The molecule has 2 aromatic carbocycles. The van der Waals surface area contributed by atoms with Crippen molar-refractivity contribution in [2.75, 3.05) is 13.4 Å². The Hall–Kier alpha value is -2.74. The molecular weight excluding hydrogens is 372 g/mol. The molecule has 2 aromatic rings. The van der Waals surface area contributed by atoms with E-state index in [0.717, 1.165) is 0 Å². The molecule has 2 rings (SSSR count). The average Bonchev–Trinajstić information content (AvgIpc) is 2.72. The fourth-order valence-corrected chi connectivity index (χ4v) is 2.74. The Kier molecular flexibility index (Phi) is 8.79. The second-order valence-electron chi connectivity index (χ2n) is 6.69. The number of carbonyl (C=O) groups is 2. The molecule has 7 heteroatoms. The van der Waals surface area contributed by atoms with Crippen LogP contribution in [0.1, 0.15) is 30.6 Å². The van der Waals surface area contributed by atoms with E-state index in [2.05, 4.69) is 0 Å². The normalized spacial score (nSPS) is 14.0. The maximum Gasteiger partial charge on any atom is 0.220 e. The minimum atomic E-state index is -0.920. The van der Waals surface area contributed by atoms with Gasteiger partial charge >= 0.3 is 0 Å². The third-order valence-corrected chi connectivity index (χ3v) is 4.49. The first-order chi connectivity index (χ1) is 13.9. The van der Waals surface area contributed by atoms with Crippen LogP contribution in [0.3, 0.4) is 0 Å². The summed E-state index contributed by atoms with van der Waals surface area (Å²) in [5.41, 5.74) is 11.9. The number of nitrogens with two attached hydrogens (primary N) is 2. The molecular formula is C22H28N2O5. The molecule has 0 aliphatic heterocycles. The lowest BCUT2D eigenvalue weighted by molar-refractivity contribution is -0.123. The summed E-state index contributed by atoms with van der Waals surface area (Å²) < 4.78 is 16.3. The number of benzene rings is 2. The summed E-state index contributed by atoms with van der Waals surface area (Å²) in [5, 5.41) is 0. The van der Waals surface area contributed by atoms with Gasteiger partial charge in [-0.2, -0.15) is 0 Å². The second-order valence-corrected chi connectivity index (χ2v) is 6.69. The first-order valence-electron chi connectivity index (χ1n) is 9.53. The molecule has 3 atom stereocenters. The maximum atomic E-state index is 13.1. The van der Waals surface area contributed by atoms with Crippen molar-refractivity contribution in [3.05, 3.63) is 60.2 Å². The van der Waals surface area contributed by atoms with Crippen LogP contribution in [0.4, 0.5) is 0 Å². The molecule has 0 fully saturated rings. The Bertz CT molecular complexity index is 780. The highest BCUT2D eigenvalue weighted by atomic mass is 16.7. The number of hydrogen-bond donors (Lipinski definition) is 2. The molecule has 1 unspecified atom stereocenters. The SMILES string of the molecule is CCOCOC(N)[C@H](C[C@H](C)C(N)=O)C(=O)c1ccc(Oc2ccccc2)cc1. The summed E-state index contributed by atoms with van der Waals surface area (Å²) in [4.78, 5) is 24.5. The molecule has 0 heterocycles. The fraction of sp³-hybridized carbons (Fsp3) is 0.364. The lowest BCUT2D eigenvalue weighted by atomic mass is 9.87. The fourth-order valence-electron chi connectivity index (χ4n) is 2.74. The van der Waals surface area contributed by atoms with E-state index in [4.69, 9.17) is 25.7 Å². The summed E-state index contributed by atoms with van der Waals surface area (Å²) in [6.07, 6.45) is -0.736. The number of para-hydroxylation sites is 1. The first-order valence-corrected chi connectivity index (χ1v) is 9.53. The van der Waals surface area contributed by atoms with Crippen molar-refractivity contribution in [2.24, 2.45) is 23.3 Å². The zero-order valence-electron chi connectivity index (χ0n) is 16.7. The molecule has 0 aliphatic rings. The second kappa shape index (κ2) is 11.3. The van der Waals surface area contributed by atoms with Crippen molar-refractivity contribution >= 4 is 11.7 Å². The van der Waals surface area contributed by atoms with Crippen LogP contribution in [-0.2, 0) is 14.3 Å². The Balaban J connectivity index is 2.12.